The summed E-state index contributed by atoms with van der Waals surface area (Å²) in [6.45, 7) is 1.92. The Morgan fingerprint density at radius 2 is 1.79 bits per heavy atom. The third-order valence-corrected chi connectivity index (χ3v) is 6.50. The number of carbonyl (C=O) groups excluding carboxylic acids is 1. The van der Waals surface area contributed by atoms with Crippen LogP contribution in [0.25, 0.3) is 22.6 Å². The number of benzene rings is 1. The molecule has 0 saturated heterocycles. The number of nitrogens with two attached hydrogens (primary N) is 1. The minimum absolute atomic E-state index is 0.0330. The van der Waals surface area contributed by atoms with Crippen molar-refractivity contribution in [2.45, 2.75) is 31.2 Å². The number of alkyl halides is 3. The lowest BCUT2D eigenvalue weighted by atomic mass is 9.89. The number of aromatic nitrogens is 4. The summed E-state index contributed by atoms with van der Waals surface area (Å²) in [5.74, 6) is -1.43. The second-order valence-corrected chi connectivity index (χ2v) is 10.0. The van der Waals surface area contributed by atoms with Gasteiger partial charge in [0.15, 0.2) is 0 Å². The lowest BCUT2D eigenvalue weighted by molar-refractivity contribution is -0.265. The highest BCUT2D eigenvalue weighted by atomic mass is 32.1. The fourth-order valence-electron chi connectivity index (χ4n) is 3.66. The molecule has 1 unspecified atom stereocenters. The Morgan fingerprint density at radius 3 is 2.37 bits per heavy atom. The first-order valence-corrected chi connectivity index (χ1v) is 12.2. The zero-order valence-corrected chi connectivity index (χ0v) is 21.4. The van der Waals surface area contributed by atoms with Crippen LogP contribution in [0.15, 0.2) is 53.4 Å². The molecule has 0 saturated carbocycles. The Balaban J connectivity index is 1.71. The number of halogens is 4. The maximum Gasteiger partial charge on any atom is 0.424 e. The number of hydrogen-bond acceptors (Lipinski definition) is 7. The highest BCUT2D eigenvalue weighted by molar-refractivity contribution is 7.07. The van der Waals surface area contributed by atoms with Gasteiger partial charge in [0, 0.05) is 23.5 Å². The van der Waals surface area contributed by atoms with Crippen molar-refractivity contribution < 1.29 is 27.5 Å². The monoisotopic (exact) mass is 548 g/mol. The molecule has 0 radical (unpaired) electrons. The number of pyridine rings is 1. The second-order valence-electron chi connectivity index (χ2n) is 9.31. The van der Waals surface area contributed by atoms with Crippen LogP contribution < -0.4 is 11.1 Å². The molecule has 0 aliphatic carbocycles. The van der Waals surface area contributed by atoms with Gasteiger partial charge in [-0.3, -0.25) is 9.48 Å². The van der Waals surface area contributed by atoms with Crippen molar-refractivity contribution in [2.75, 3.05) is 6.54 Å². The Bertz CT molecular complexity index is 1450. The van der Waals surface area contributed by atoms with Crippen LogP contribution in [0.3, 0.4) is 0 Å². The lowest BCUT2D eigenvalue weighted by Crippen LogP contribution is -2.52. The minimum Gasteiger partial charge on any atom is -0.374 e. The average molecular weight is 549 g/mol. The number of hydrogen-bond donors (Lipinski definition) is 3. The Hall–Kier alpha value is -3.68. The first kappa shape index (κ1) is 27.4. The van der Waals surface area contributed by atoms with E-state index in [9.17, 15) is 27.5 Å². The molecular formula is C25H24F4N6O2S. The molecule has 1 aromatic carbocycles. The maximum atomic E-state index is 14.4. The van der Waals surface area contributed by atoms with Gasteiger partial charge in [0.25, 0.3) is 5.91 Å². The van der Waals surface area contributed by atoms with Crippen LogP contribution >= 0.6 is 11.3 Å². The zero-order chi connectivity index (χ0) is 27.9. The third-order valence-electron chi connectivity index (χ3n) is 5.91. The van der Waals surface area contributed by atoms with E-state index in [0.29, 0.717) is 17.0 Å². The Labute approximate surface area is 219 Å². The van der Waals surface area contributed by atoms with E-state index >= 15 is 0 Å². The summed E-state index contributed by atoms with van der Waals surface area (Å²) in [6.07, 6.45) is -5.23. The molecule has 3 aromatic heterocycles. The van der Waals surface area contributed by atoms with Gasteiger partial charge in [-0.2, -0.15) is 18.3 Å². The number of nitrogens with one attached hydrogen (secondary N) is 1. The molecule has 0 bridgehead atoms. The number of carbonyl (C=O) groups is 1. The van der Waals surface area contributed by atoms with E-state index in [1.165, 1.54) is 47.3 Å². The Morgan fingerprint density at radius 1 is 1.11 bits per heavy atom. The van der Waals surface area contributed by atoms with E-state index in [1.807, 2.05) is 0 Å². The topological polar surface area (TPSA) is 119 Å². The molecule has 4 rings (SSSR count). The molecule has 4 aromatic rings. The van der Waals surface area contributed by atoms with Crippen molar-refractivity contribution in [2.24, 2.45) is 12.8 Å². The standard InChI is InChI=1S/C25H24F4N6O2S/c1-23(2,30)15-8-17(14-4-6-16(26)7-5-14)33-21(9-15)24(37,25(27,28)29)12-31-22(36)20-10-18(34-35(20)3)19-11-38-13-32-19/h4-11,13,37H,12,30H2,1-3H3,(H,31,36). The van der Waals surface area contributed by atoms with Gasteiger partial charge in [0.05, 0.1) is 23.4 Å². The van der Waals surface area contributed by atoms with Crippen molar-refractivity contribution in [3.05, 3.63) is 76.1 Å². The molecule has 200 valence electrons. The predicted molar refractivity (Wildman–Crippen MR) is 133 cm³/mol. The van der Waals surface area contributed by atoms with Crippen molar-refractivity contribution in [3.63, 3.8) is 0 Å². The van der Waals surface area contributed by atoms with Crippen LogP contribution in [0, 0.1) is 5.82 Å². The van der Waals surface area contributed by atoms with E-state index in [-0.39, 0.29) is 17.0 Å². The third kappa shape index (κ3) is 5.44. The van der Waals surface area contributed by atoms with Gasteiger partial charge in [-0.25, -0.2) is 14.4 Å². The summed E-state index contributed by atoms with van der Waals surface area (Å²) < 4.78 is 57.8. The molecule has 0 fully saturated rings. The van der Waals surface area contributed by atoms with Crippen LogP contribution in [-0.2, 0) is 18.2 Å². The quantitative estimate of drug-likeness (QED) is 0.299. The van der Waals surface area contributed by atoms with E-state index in [2.05, 4.69) is 20.4 Å². The van der Waals surface area contributed by atoms with Gasteiger partial charge in [0.2, 0.25) is 5.60 Å². The highest BCUT2D eigenvalue weighted by Gasteiger charge is 2.56. The number of thiazole rings is 1. The highest BCUT2D eigenvalue weighted by Crippen LogP contribution is 2.40. The molecule has 13 heteroatoms. The largest absolute Gasteiger partial charge is 0.424 e. The van der Waals surface area contributed by atoms with E-state index < -0.39 is 41.3 Å². The molecule has 38 heavy (non-hydrogen) atoms. The second kappa shape index (κ2) is 9.89. The summed E-state index contributed by atoms with van der Waals surface area (Å²) in [4.78, 5) is 21.0. The fraction of sp³-hybridized carbons (Fsp3) is 0.280. The smallest absolute Gasteiger partial charge is 0.374 e. The first-order valence-electron chi connectivity index (χ1n) is 11.3. The van der Waals surface area contributed by atoms with Gasteiger partial charge in [-0.15, -0.1) is 11.3 Å². The minimum atomic E-state index is -5.23. The van der Waals surface area contributed by atoms with E-state index in [1.54, 1.807) is 24.7 Å². The van der Waals surface area contributed by atoms with Crippen LogP contribution in [0.4, 0.5) is 17.6 Å². The summed E-state index contributed by atoms with van der Waals surface area (Å²) in [5, 5.41) is 19.1. The average Bonchev–Trinajstić information content (AvgIpc) is 3.51. The predicted octanol–water partition coefficient (Wildman–Crippen LogP) is 4.12. The molecule has 1 amide bonds. The molecule has 3 heterocycles. The molecule has 0 spiro atoms. The van der Waals surface area contributed by atoms with Crippen LogP contribution in [0.1, 0.15) is 35.6 Å². The summed E-state index contributed by atoms with van der Waals surface area (Å²) in [7, 11) is 1.46. The summed E-state index contributed by atoms with van der Waals surface area (Å²) in [6, 6.07) is 8.90. The van der Waals surface area contributed by atoms with Gasteiger partial charge >= 0.3 is 6.18 Å². The van der Waals surface area contributed by atoms with E-state index in [4.69, 9.17) is 5.73 Å². The molecule has 8 nitrogen and oxygen atoms in total. The van der Waals surface area contributed by atoms with Gasteiger partial charge < -0.3 is 16.2 Å². The Kier molecular flexibility index (Phi) is 7.12. The van der Waals surface area contributed by atoms with Crippen molar-refractivity contribution in [3.8, 4) is 22.6 Å². The van der Waals surface area contributed by atoms with E-state index in [0.717, 1.165) is 18.2 Å². The molecule has 0 aliphatic rings. The number of aliphatic hydroxyl groups is 1. The SMILES string of the molecule is Cn1nc(-c2cscn2)cc1C(=O)NCC(O)(c1cc(C(C)(C)N)cc(-c2ccc(F)cc2)n1)C(F)(F)F. The molecule has 1 atom stereocenters. The van der Waals surface area contributed by atoms with Crippen molar-refractivity contribution in [1.82, 2.24) is 25.1 Å². The van der Waals surface area contributed by atoms with Crippen LogP contribution in [-0.4, -0.2) is 43.5 Å². The normalized spacial score (nSPS) is 13.8. The van der Waals surface area contributed by atoms with Gasteiger partial charge in [-0.1, -0.05) is 0 Å². The van der Waals surface area contributed by atoms with Gasteiger partial charge in [-0.05, 0) is 61.9 Å². The summed E-state index contributed by atoms with van der Waals surface area (Å²) >= 11 is 1.32. The lowest BCUT2D eigenvalue weighted by Gasteiger charge is -2.32. The van der Waals surface area contributed by atoms with Crippen molar-refractivity contribution >= 4 is 17.2 Å². The van der Waals surface area contributed by atoms with Gasteiger partial charge in [0.1, 0.15) is 22.9 Å². The molecule has 0 aliphatic heterocycles. The van der Waals surface area contributed by atoms with Crippen LogP contribution in [0.2, 0.25) is 0 Å². The van der Waals surface area contributed by atoms with Crippen molar-refractivity contribution in [1.29, 1.82) is 0 Å². The molecular weight excluding hydrogens is 524 g/mol. The fourth-order valence-corrected chi connectivity index (χ4v) is 4.21. The number of amides is 1. The first-order chi connectivity index (χ1) is 17.7. The summed E-state index contributed by atoms with van der Waals surface area (Å²) in [5.41, 5.74) is 3.75. The maximum absolute atomic E-state index is 14.4. The van der Waals surface area contributed by atoms with Crippen LogP contribution in [0.5, 0.6) is 0 Å². The number of aryl methyl sites for hydroxylation is 1. The number of nitrogens with zero attached hydrogens (tertiary/aromatic N) is 4. The zero-order valence-electron chi connectivity index (χ0n) is 20.5. The number of rotatable bonds is 7. The molecule has 4 N–H and O–H groups in total.